The Kier molecular flexibility index (Phi) is 5.98. The molecule has 3 saturated heterocycles. The van der Waals surface area contributed by atoms with Gasteiger partial charge in [0.25, 0.3) is 0 Å². The predicted molar refractivity (Wildman–Crippen MR) is 111 cm³/mol. The Hall–Kier alpha value is -1.20. The van der Waals surface area contributed by atoms with Gasteiger partial charge >= 0.3 is 0 Å². The second-order valence-electron chi connectivity index (χ2n) is 9.51. The molecule has 1 aromatic heterocycles. The summed E-state index contributed by atoms with van der Waals surface area (Å²) in [6, 6.07) is 1.21. The highest BCUT2D eigenvalue weighted by atomic mass is 15.4. The van der Waals surface area contributed by atoms with E-state index < -0.39 is 0 Å². The Morgan fingerprint density at radius 1 is 1.04 bits per heavy atom. The number of anilines is 1. The van der Waals surface area contributed by atoms with Gasteiger partial charge in [-0.3, -0.25) is 0 Å². The molecule has 0 amide bonds. The first-order valence-corrected chi connectivity index (χ1v) is 11.1. The largest absolute Gasteiger partial charge is 0.332 e. The first-order chi connectivity index (χ1) is 13.1. The van der Waals surface area contributed by atoms with E-state index in [9.17, 15) is 0 Å². The lowest BCUT2D eigenvalue weighted by Crippen LogP contribution is -2.53. The molecule has 3 fully saturated rings. The van der Waals surface area contributed by atoms with E-state index in [2.05, 4.69) is 48.0 Å². The van der Waals surface area contributed by atoms with Crippen molar-refractivity contribution in [1.82, 2.24) is 19.8 Å². The maximum Gasteiger partial charge on any atom is 0.225 e. The summed E-state index contributed by atoms with van der Waals surface area (Å²) in [5, 5.41) is 0. The van der Waals surface area contributed by atoms with E-state index in [1.807, 2.05) is 0 Å². The van der Waals surface area contributed by atoms with Crippen LogP contribution in [0.15, 0.2) is 12.4 Å². The number of piperidine rings is 1. The average Bonchev–Trinajstić information content (AvgIpc) is 2.93. The second kappa shape index (κ2) is 8.44. The lowest BCUT2D eigenvalue weighted by molar-refractivity contribution is 0.201. The van der Waals surface area contributed by atoms with Crippen molar-refractivity contribution in [2.75, 3.05) is 44.7 Å². The molecule has 2 bridgehead atoms. The van der Waals surface area contributed by atoms with E-state index in [1.54, 1.807) is 0 Å². The SMILES string of the molecule is CC(C)CCCN1CCCC(c2cnc(N3C4CCC3CN(C)C4)nc2)C1. The molecule has 3 unspecified atom stereocenters. The van der Waals surface area contributed by atoms with Crippen LogP contribution in [0.1, 0.15) is 63.9 Å². The zero-order valence-electron chi connectivity index (χ0n) is 17.5. The molecule has 0 aromatic carbocycles. The number of likely N-dealkylation sites (tertiary alicyclic amines) is 2. The zero-order valence-corrected chi connectivity index (χ0v) is 17.5. The van der Waals surface area contributed by atoms with Crippen molar-refractivity contribution in [1.29, 1.82) is 0 Å². The van der Waals surface area contributed by atoms with Crippen LogP contribution >= 0.6 is 0 Å². The summed E-state index contributed by atoms with van der Waals surface area (Å²) < 4.78 is 0. The van der Waals surface area contributed by atoms with Gasteiger partial charge in [-0.15, -0.1) is 0 Å². The summed E-state index contributed by atoms with van der Waals surface area (Å²) in [6.45, 7) is 10.6. The maximum absolute atomic E-state index is 4.83. The fraction of sp³-hybridized carbons (Fsp3) is 0.818. The van der Waals surface area contributed by atoms with Crippen LogP contribution in [0, 0.1) is 5.92 Å². The van der Waals surface area contributed by atoms with Gasteiger partial charge in [0.15, 0.2) is 0 Å². The predicted octanol–water partition coefficient (Wildman–Crippen LogP) is 3.38. The second-order valence-corrected chi connectivity index (χ2v) is 9.51. The van der Waals surface area contributed by atoms with Crippen molar-refractivity contribution in [2.24, 2.45) is 5.92 Å². The molecule has 0 saturated carbocycles. The first kappa shape index (κ1) is 19.1. The van der Waals surface area contributed by atoms with Crippen molar-refractivity contribution < 1.29 is 0 Å². The van der Waals surface area contributed by atoms with Gasteiger partial charge < -0.3 is 14.7 Å². The van der Waals surface area contributed by atoms with Crippen LogP contribution < -0.4 is 4.90 Å². The summed E-state index contributed by atoms with van der Waals surface area (Å²) >= 11 is 0. The molecule has 0 spiro atoms. The molecule has 0 aliphatic carbocycles. The van der Waals surface area contributed by atoms with Crippen LogP contribution in [-0.2, 0) is 0 Å². The van der Waals surface area contributed by atoms with E-state index in [1.165, 1.54) is 63.7 Å². The van der Waals surface area contributed by atoms with Crippen LogP contribution in [0.2, 0.25) is 0 Å². The number of aromatic nitrogens is 2. The van der Waals surface area contributed by atoms with Crippen molar-refractivity contribution in [3.05, 3.63) is 18.0 Å². The highest BCUT2D eigenvalue weighted by molar-refractivity contribution is 5.38. The number of rotatable bonds is 6. The number of hydrogen-bond donors (Lipinski definition) is 0. The lowest BCUT2D eigenvalue weighted by atomic mass is 9.92. The molecule has 27 heavy (non-hydrogen) atoms. The number of piperazine rings is 1. The van der Waals surface area contributed by atoms with Crippen LogP contribution in [0.4, 0.5) is 5.95 Å². The standard InChI is InChI=1S/C22H37N5/c1-17(2)6-4-10-26-11-5-7-18(14-26)19-12-23-22(24-13-19)27-20-8-9-21(27)16-25(3)15-20/h12-13,17-18,20-21H,4-11,14-16H2,1-3H3. The van der Waals surface area contributed by atoms with Gasteiger partial charge in [-0.25, -0.2) is 9.97 Å². The maximum atomic E-state index is 4.83. The normalized spacial score (nSPS) is 29.6. The number of fused-ring (bicyclic) bond motifs is 2. The molecule has 5 heteroatoms. The van der Waals surface area contributed by atoms with Gasteiger partial charge in [-0.2, -0.15) is 0 Å². The van der Waals surface area contributed by atoms with Crippen molar-refractivity contribution >= 4 is 5.95 Å². The van der Waals surface area contributed by atoms with E-state index in [-0.39, 0.29) is 0 Å². The Morgan fingerprint density at radius 3 is 2.41 bits per heavy atom. The first-order valence-electron chi connectivity index (χ1n) is 11.1. The third-order valence-corrected chi connectivity index (χ3v) is 6.79. The molecule has 3 aliphatic rings. The van der Waals surface area contributed by atoms with Crippen LogP contribution in [0.5, 0.6) is 0 Å². The van der Waals surface area contributed by atoms with E-state index >= 15 is 0 Å². The molecule has 3 atom stereocenters. The minimum Gasteiger partial charge on any atom is -0.332 e. The summed E-state index contributed by atoms with van der Waals surface area (Å²) in [4.78, 5) is 17.3. The van der Waals surface area contributed by atoms with Crippen molar-refractivity contribution in [2.45, 2.75) is 70.4 Å². The molecule has 5 nitrogen and oxygen atoms in total. The monoisotopic (exact) mass is 371 g/mol. The van der Waals surface area contributed by atoms with Gasteiger partial charge in [0.05, 0.1) is 0 Å². The van der Waals surface area contributed by atoms with E-state index in [0.717, 1.165) is 25.0 Å². The summed E-state index contributed by atoms with van der Waals surface area (Å²) in [5.41, 5.74) is 1.34. The Morgan fingerprint density at radius 2 is 1.74 bits per heavy atom. The Labute approximate surface area is 165 Å². The molecule has 150 valence electrons. The summed E-state index contributed by atoms with van der Waals surface area (Å²) in [5.74, 6) is 2.39. The third-order valence-electron chi connectivity index (χ3n) is 6.79. The van der Waals surface area contributed by atoms with Gasteiger partial charge in [0.1, 0.15) is 0 Å². The number of hydrogen-bond acceptors (Lipinski definition) is 5. The quantitative estimate of drug-likeness (QED) is 0.766. The molecule has 0 N–H and O–H groups in total. The highest BCUT2D eigenvalue weighted by Gasteiger charge is 2.40. The number of likely N-dealkylation sites (N-methyl/N-ethyl adjacent to an activating group) is 1. The lowest BCUT2D eigenvalue weighted by Gasteiger charge is -2.39. The third kappa shape index (κ3) is 4.45. The van der Waals surface area contributed by atoms with Gasteiger partial charge in [-0.05, 0) is 76.1 Å². The van der Waals surface area contributed by atoms with Gasteiger partial charge in [0.2, 0.25) is 5.95 Å². The van der Waals surface area contributed by atoms with Gasteiger partial charge in [-0.1, -0.05) is 13.8 Å². The molecule has 4 rings (SSSR count). The Balaban J connectivity index is 1.36. The number of nitrogens with zero attached hydrogens (tertiary/aromatic N) is 5. The minimum atomic E-state index is 0.603. The van der Waals surface area contributed by atoms with Crippen LogP contribution in [0.25, 0.3) is 0 Å². The zero-order chi connectivity index (χ0) is 18.8. The molecule has 3 aliphatic heterocycles. The summed E-state index contributed by atoms with van der Waals surface area (Å²) in [7, 11) is 2.24. The van der Waals surface area contributed by atoms with Gasteiger partial charge in [0, 0.05) is 44.1 Å². The van der Waals surface area contributed by atoms with Crippen molar-refractivity contribution in [3.63, 3.8) is 0 Å². The summed E-state index contributed by atoms with van der Waals surface area (Å²) in [6.07, 6.45) is 12.1. The molecular formula is C22H37N5. The molecule has 1 aromatic rings. The fourth-order valence-electron chi connectivity index (χ4n) is 5.37. The molecular weight excluding hydrogens is 334 g/mol. The average molecular weight is 372 g/mol. The van der Waals surface area contributed by atoms with E-state index in [4.69, 9.17) is 9.97 Å². The fourth-order valence-corrected chi connectivity index (χ4v) is 5.37. The smallest absolute Gasteiger partial charge is 0.225 e. The topological polar surface area (TPSA) is 35.5 Å². The molecule has 4 heterocycles. The van der Waals surface area contributed by atoms with E-state index in [0.29, 0.717) is 18.0 Å². The molecule has 0 radical (unpaired) electrons. The minimum absolute atomic E-state index is 0.603. The highest BCUT2D eigenvalue weighted by Crippen LogP contribution is 2.33. The van der Waals surface area contributed by atoms with Crippen molar-refractivity contribution in [3.8, 4) is 0 Å². The van der Waals surface area contributed by atoms with Crippen LogP contribution in [0.3, 0.4) is 0 Å². The van der Waals surface area contributed by atoms with Crippen LogP contribution in [-0.4, -0.2) is 71.6 Å². The Bertz CT molecular complexity index is 587.